The van der Waals surface area contributed by atoms with Crippen molar-refractivity contribution in [1.29, 1.82) is 0 Å². The molecular weight excluding hydrogens is 342 g/mol. The van der Waals surface area contributed by atoms with Crippen molar-refractivity contribution in [1.82, 2.24) is 5.32 Å². The van der Waals surface area contributed by atoms with Gasteiger partial charge in [-0.2, -0.15) is 0 Å². The van der Waals surface area contributed by atoms with E-state index in [1.165, 1.54) is 38.1 Å². The first-order chi connectivity index (χ1) is 12.2. The van der Waals surface area contributed by atoms with Gasteiger partial charge in [0, 0.05) is 38.2 Å². The van der Waals surface area contributed by atoms with Crippen molar-refractivity contribution in [3.05, 3.63) is 45.8 Å². The maximum Gasteiger partial charge on any atom is 0.352 e. The molecule has 0 radical (unpaired) electrons. The molecule has 1 aromatic rings. The van der Waals surface area contributed by atoms with E-state index in [9.17, 15) is 19.7 Å². The second-order valence-corrected chi connectivity index (χ2v) is 6.14. The number of cyclic esters (lactones) is 2. The number of nitrogens with zero attached hydrogens (tertiary/aromatic N) is 1. The number of carbonyl (C=O) groups is 2. The highest BCUT2D eigenvalue weighted by molar-refractivity contribution is 6.16. The third-order valence-corrected chi connectivity index (χ3v) is 3.51. The van der Waals surface area contributed by atoms with Crippen LogP contribution in [0.2, 0.25) is 0 Å². The van der Waals surface area contributed by atoms with Gasteiger partial charge in [-0.05, 0) is 18.6 Å². The molecule has 1 aromatic carbocycles. The van der Waals surface area contributed by atoms with Crippen LogP contribution in [-0.4, -0.2) is 29.2 Å². The Morgan fingerprint density at radius 1 is 1.15 bits per heavy atom. The SMILES string of the molecule is CCCCNC(Nc1ccc([N+](=O)[O-])cc1)=C1C(=O)OC(C)(C)OC1=O. The molecule has 0 atom stereocenters. The number of esters is 2. The first kappa shape index (κ1) is 19.2. The number of hydrogen-bond donors (Lipinski definition) is 2. The summed E-state index contributed by atoms with van der Waals surface area (Å²) in [6, 6.07) is 5.59. The number of non-ortho nitro benzene ring substituents is 1. The topological polar surface area (TPSA) is 120 Å². The minimum atomic E-state index is -1.33. The highest BCUT2D eigenvalue weighted by Gasteiger charge is 2.41. The molecule has 0 aliphatic carbocycles. The van der Waals surface area contributed by atoms with E-state index in [1.54, 1.807) is 0 Å². The number of anilines is 1. The lowest BCUT2D eigenvalue weighted by Gasteiger charge is -2.31. The van der Waals surface area contributed by atoms with Crippen molar-refractivity contribution in [3.8, 4) is 0 Å². The van der Waals surface area contributed by atoms with E-state index in [1.807, 2.05) is 6.92 Å². The first-order valence-corrected chi connectivity index (χ1v) is 8.20. The van der Waals surface area contributed by atoms with E-state index in [2.05, 4.69) is 10.6 Å². The Hall–Kier alpha value is -3.10. The molecule has 1 saturated heterocycles. The van der Waals surface area contributed by atoms with Crippen LogP contribution in [0.1, 0.15) is 33.6 Å². The lowest BCUT2D eigenvalue weighted by Crippen LogP contribution is -2.44. The number of ether oxygens (including phenoxy) is 2. The van der Waals surface area contributed by atoms with Gasteiger partial charge in [0.2, 0.25) is 0 Å². The summed E-state index contributed by atoms with van der Waals surface area (Å²) in [5.41, 5.74) is 0.119. The third-order valence-electron chi connectivity index (χ3n) is 3.51. The zero-order valence-corrected chi connectivity index (χ0v) is 14.8. The van der Waals surface area contributed by atoms with Crippen LogP contribution in [0.25, 0.3) is 0 Å². The van der Waals surface area contributed by atoms with Crippen LogP contribution in [0.4, 0.5) is 11.4 Å². The Morgan fingerprint density at radius 3 is 2.23 bits per heavy atom. The van der Waals surface area contributed by atoms with Gasteiger partial charge in [0.05, 0.1) is 4.92 Å². The highest BCUT2D eigenvalue weighted by Crippen LogP contribution is 2.25. The van der Waals surface area contributed by atoms with Gasteiger partial charge in [0.15, 0.2) is 5.57 Å². The molecule has 26 heavy (non-hydrogen) atoms. The van der Waals surface area contributed by atoms with E-state index in [-0.39, 0.29) is 17.1 Å². The number of benzene rings is 1. The molecule has 0 spiro atoms. The molecule has 0 unspecified atom stereocenters. The van der Waals surface area contributed by atoms with E-state index in [4.69, 9.17) is 9.47 Å². The van der Waals surface area contributed by atoms with E-state index >= 15 is 0 Å². The Bertz CT molecular complexity index is 717. The second-order valence-electron chi connectivity index (χ2n) is 6.14. The lowest BCUT2D eigenvalue weighted by atomic mass is 10.2. The van der Waals surface area contributed by atoms with Gasteiger partial charge in [-0.15, -0.1) is 0 Å². The normalized spacial score (nSPS) is 15.7. The third kappa shape index (κ3) is 4.71. The van der Waals surface area contributed by atoms with Gasteiger partial charge in [-0.25, -0.2) is 9.59 Å². The molecule has 0 saturated carbocycles. The number of nitro benzene ring substituents is 1. The average Bonchev–Trinajstić information content (AvgIpc) is 2.53. The molecule has 0 aromatic heterocycles. The molecular formula is C17H21N3O6. The number of hydrogen-bond acceptors (Lipinski definition) is 8. The molecule has 9 heteroatoms. The average molecular weight is 363 g/mol. The Kier molecular flexibility index (Phi) is 5.81. The number of unbranched alkanes of at least 4 members (excludes halogenated alkanes) is 1. The lowest BCUT2D eigenvalue weighted by molar-refractivity contribution is -0.384. The van der Waals surface area contributed by atoms with Crippen molar-refractivity contribution in [3.63, 3.8) is 0 Å². The fourth-order valence-corrected chi connectivity index (χ4v) is 2.25. The maximum atomic E-state index is 12.3. The van der Waals surface area contributed by atoms with Gasteiger partial charge in [-0.3, -0.25) is 10.1 Å². The summed E-state index contributed by atoms with van der Waals surface area (Å²) in [6.45, 7) is 5.45. The molecule has 140 valence electrons. The monoisotopic (exact) mass is 363 g/mol. The Labute approximate surface area is 150 Å². The summed E-state index contributed by atoms with van der Waals surface area (Å²) in [7, 11) is 0. The van der Waals surface area contributed by atoms with Crippen molar-refractivity contribution in [2.24, 2.45) is 0 Å². The molecule has 1 aliphatic heterocycles. The van der Waals surface area contributed by atoms with Crippen LogP contribution in [0.5, 0.6) is 0 Å². The fraction of sp³-hybridized carbons (Fsp3) is 0.412. The van der Waals surface area contributed by atoms with Crippen LogP contribution in [-0.2, 0) is 19.1 Å². The number of rotatable bonds is 7. The predicted molar refractivity (Wildman–Crippen MR) is 92.9 cm³/mol. The minimum absolute atomic E-state index is 0.0677. The largest absolute Gasteiger partial charge is 0.419 e. The smallest absolute Gasteiger partial charge is 0.352 e. The second kappa shape index (κ2) is 7.85. The standard InChI is InChI=1S/C17H21N3O6/c1-4-5-10-18-14(13-15(21)25-17(2,3)26-16(13)22)19-11-6-8-12(9-7-11)20(23)24/h6-9,18-19H,4-5,10H2,1-3H3. The van der Waals surface area contributed by atoms with Crippen molar-refractivity contribution < 1.29 is 24.0 Å². The summed E-state index contributed by atoms with van der Waals surface area (Å²) >= 11 is 0. The van der Waals surface area contributed by atoms with Gasteiger partial charge >= 0.3 is 11.9 Å². The number of nitrogens with one attached hydrogen (secondary N) is 2. The fourth-order valence-electron chi connectivity index (χ4n) is 2.25. The Morgan fingerprint density at radius 2 is 1.73 bits per heavy atom. The van der Waals surface area contributed by atoms with Crippen LogP contribution in [0.15, 0.2) is 35.7 Å². The van der Waals surface area contributed by atoms with Crippen LogP contribution < -0.4 is 10.6 Å². The maximum absolute atomic E-state index is 12.3. The van der Waals surface area contributed by atoms with Crippen LogP contribution in [0.3, 0.4) is 0 Å². The van der Waals surface area contributed by atoms with E-state index < -0.39 is 22.6 Å². The molecule has 1 aliphatic rings. The Balaban J connectivity index is 2.31. The van der Waals surface area contributed by atoms with E-state index in [0.29, 0.717) is 12.2 Å². The molecule has 2 rings (SSSR count). The summed E-state index contributed by atoms with van der Waals surface area (Å²) in [4.78, 5) is 34.8. The van der Waals surface area contributed by atoms with Crippen molar-refractivity contribution in [2.75, 3.05) is 11.9 Å². The van der Waals surface area contributed by atoms with Gasteiger partial charge < -0.3 is 20.1 Å². The van der Waals surface area contributed by atoms with E-state index in [0.717, 1.165) is 12.8 Å². The van der Waals surface area contributed by atoms with Gasteiger partial charge in [0.1, 0.15) is 5.82 Å². The van der Waals surface area contributed by atoms with Crippen LogP contribution in [0, 0.1) is 10.1 Å². The molecule has 1 fully saturated rings. The van der Waals surface area contributed by atoms with Gasteiger partial charge in [0.25, 0.3) is 11.5 Å². The molecule has 9 nitrogen and oxygen atoms in total. The summed E-state index contributed by atoms with van der Waals surface area (Å²) in [5, 5.41) is 16.6. The quantitative estimate of drug-likeness (QED) is 0.189. The zero-order chi connectivity index (χ0) is 19.3. The molecule has 1 heterocycles. The molecule has 2 N–H and O–H groups in total. The first-order valence-electron chi connectivity index (χ1n) is 8.20. The van der Waals surface area contributed by atoms with Crippen molar-refractivity contribution in [2.45, 2.75) is 39.4 Å². The summed E-state index contributed by atoms with van der Waals surface area (Å²) < 4.78 is 10.2. The summed E-state index contributed by atoms with van der Waals surface area (Å²) in [5.74, 6) is -2.81. The number of carbonyl (C=O) groups excluding carboxylic acids is 2. The zero-order valence-electron chi connectivity index (χ0n) is 14.8. The predicted octanol–water partition coefficient (Wildman–Crippen LogP) is 2.44. The number of nitro groups is 1. The minimum Gasteiger partial charge on any atom is -0.419 e. The summed E-state index contributed by atoms with van der Waals surface area (Å²) in [6.07, 6.45) is 1.73. The van der Waals surface area contributed by atoms with Crippen LogP contribution >= 0.6 is 0 Å². The highest BCUT2D eigenvalue weighted by atomic mass is 16.7. The molecule has 0 bridgehead atoms. The molecule has 0 amide bonds. The van der Waals surface area contributed by atoms with Gasteiger partial charge in [-0.1, -0.05) is 13.3 Å². The van der Waals surface area contributed by atoms with Crippen molar-refractivity contribution >= 4 is 23.3 Å².